The summed E-state index contributed by atoms with van der Waals surface area (Å²) in [5, 5.41) is 16.6. The van der Waals surface area contributed by atoms with Crippen molar-refractivity contribution in [2.24, 2.45) is 0 Å². The third-order valence-corrected chi connectivity index (χ3v) is 4.51. The molecule has 6 nitrogen and oxygen atoms in total. The molecular formula is C22H33N5O. The van der Waals surface area contributed by atoms with Gasteiger partial charge >= 0.3 is 0 Å². The zero-order valence-corrected chi connectivity index (χ0v) is 16.9. The second kappa shape index (κ2) is 12.8. The van der Waals surface area contributed by atoms with Crippen molar-refractivity contribution in [1.82, 2.24) is 15.0 Å². The van der Waals surface area contributed by atoms with Crippen molar-refractivity contribution in [3.05, 3.63) is 43.2 Å². The third kappa shape index (κ3) is 7.64. The summed E-state index contributed by atoms with van der Waals surface area (Å²) >= 11 is 0. The van der Waals surface area contributed by atoms with Gasteiger partial charge in [0.05, 0.1) is 17.4 Å². The molecule has 0 fully saturated rings. The Labute approximate surface area is 168 Å². The number of hydrogen-bond donors (Lipinski definition) is 3. The Bertz CT molecular complexity index is 693. The van der Waals surface area contributed by atoms with E-state index in [1.807, 2.05) is 30.5 Å². The van der Waals surface area contributed by atoms with Gasteiger partial charge in [0.1, 0.15) is 5.82 Å². The van der Waals surface area contributed by atoms with E-state index < -0.39 is 0 Å². The number of aliphatic hydroxyl groups is 1. The van der Waals surface area contributed by atoms with Gasteiger partial charge < -0.3 is 15.7 Å². The summed E-state index contributed by atoms with van der Waals surface area (Å²) in [6, 6.07) is 5.81. The largest absolute Gasteiger partial charge is 0.393 e. The number of aliphatic hydroxyl groups excluding tert-OH is 1. The van der Waals surface area contributed by atoms with Gasteiger partial charge in [-0.1, -0.05) is 31.9 Å². The smallest absolute Gasteiger partial charge is 0.224 e. The van der Waals surface area contributed by atoms with Gasteiger partial charge in [0.25, 0.3) is 0 Å². The highest BCUT2D eigenvalue weighted by molar-refractivity contribution is 5.72. The van der Waals surface area contributed by atoms with E-state index in [9.17, 15) is 5.11 Å². The summed E-state index contributed by atoms with van der Waals surface area (Å²) in [6.07, 6.45) is 12.1. The van der Waals surface area contributed by atoms with E-state index in [0.29, 0.717) is 5.95 Å². The van der Waals surface area contributed by atoms with Gasteiger partial charge in [0.2, 0.25) is 5.95 Å². The van der Waals surface area contributed by atoms with Crippen molar-refractivity contribution in [3.8, 4) is 11.3 Å². The fourth-order valence-corrected chi connectivity index (χ4v) is 2.89. The molecule has 6 heteroatoms. The molecule has 0 aliphatic heterocycles. The highest BCUT2D eigenvalue weighted by atomic mass is 16.3. The molecule has 2 heterocycles. The van der Waals surface area contributed by atoms with Crippen molar-refractivity contribution in [3.63, 3.8) is 0 Å². The number of nitrogens with zero attached hydrogens (tertiary/aromatic N) is 3. The predicted molar refractivity (Wildman–Crippen MR) is 116 cm³/mol. The Balaban J connectivity index is 1.95. The molecule has 0 spiro atoms. The molecule has 0 aliphatic carbocycles. The number of rotatable bonds is 14. The minimum Gasteiger partial charge on any atom is -0.393 e. The third-order valence-electron chi connectivity index (χ3n) is 4.51. The summed E-state index contributed by atoms with van der Waals surface area (Å²) in [7, 11) is 0. The second-order valence-corrected chi connectivity index (χ2v) is 6.89. The Morgan fingerprint density at radius 1 is 1.11 bits per heavy atom. The zero-order valence-electron chi connectivity index (χ0n) is 16.9. The summed E-state index contributed by atoms with van der Waals surface area (Å²) < 4.78 is 0. The molecular weight excluding hydrogens is 350 g/mol. The first-order valence-corrected chi connectivity index (χ1v) is 10.3. The van der Waals surface area contributed by atoms with Crippen LogP contribution in [0.15, 0.2) is 43.2 Å². The van der Waals surface area contributed by atoms with Gasteiger partial charge in [0, 0.05) is 25.5 Å². The average Bonchev–Trinajstić information content (AvgIpc) is 2.73. The van der Waals surface area contributed by atoms with Crippen LogP contribution in [0.3, 0.4) is 0 Å². The second-order valence-electron chi connectivity index (χ2n) is 6.89. The van der Waals surface area contributed by atoms with Crippen molar-refractivity contribution in [1.29, 1.82) is 0 Å². The lowest BCUT2D eigenvalue weighted by Gasteiger charge is -2.13. The predicted octanol–water partition coefficient (Wildman–Crippen LogP) is 4.66. The van der Waals surface area contributed by atoms with E-state index in [0.717, 1.165) is 75.1 Å². The van der Waals surface area contributed by atoms with Gasteiger partial charge in [-0.2, -0.15) is 4.98 Å². The monoisotopic (exact) mass is 383 g/mol. The first-order chi connectivity index (χ1) is 13.7. The van der Waals surface area contributed by atoms with E-state index >= 15 is 0 Å². The number of unbranched alkanes of at least 4 members (excludes halogenated alkanes) is 2. The van der Waals surface area contributed by atoms with Crippen LogP contribution in [0.4, 0.5) is 11.8 Å². The maximum Gasteiger partial charge on any atom is 0.224 e. The standard InChI is InChI=1S/C22H33N5O/c1-3-5-11-18(28)12-7-9-16-24-21-19(20-13-8-10-15-23-20)17-26-22(27-21)25-14-6-4-2/h4,8,10,13,15,17-18,28H,2-3,5-7,9,11-12,14,16H2,1H3,(H2,24,25,26,27). The van der Waals surface area contributed by atoms with Crippen LogP contribution >= 0.6 is 0 Å². The van der Waals surface area contributed by atoms with Gasteiger partial charge in [-0.15, -0.1) is 6.58 Å². The molecule has 28 heavy (non-hydrogen) atoms. The van der Waals surface area contributed by atoms with E-state index in [1.54, 1.807) is 6.20 Å². The van der Waals surface area contributed by atoms with E-state index in [1.165, 1.54) is 0 Å². The molecule has 0 saturated carbocycles. The van der Waals surface area contributed by atoms with Gasteiger partial charge in [-0.05, 0) is 44.2 Å². The van der Waals surface area contributed by atoms with Gasteiger partial charge in [-0.25, -0.2) is 4.98 Å². The molecule has 1 atom stereocenters. The minimum absolute atomic E-state index is 0.177. The minimum atomic E-state index is -0.177. The lowest BCUT2D eigenvalue weighted by molar-refractivity contribution is 0.148. The molecule has 0 bridgehead atoms. The van der Waals surface area contributed by atoms with Crippen LogP contribution in [-0.2, 0) is 0 Å². The van der Waals surface area contributed by atoms with Crippen LogP contribution < -0.4 is 10.6 Å². The first kappa shape index (κ1) is 21.8. The molecule has 2 rings (SSSR count). The molecule has 2 aromatic heterocycles. The molecule has 152 valence electrons. The topological polar surface area (TPSA) is 83.0 Å². The van der Waals surface area contributed by atoms with Crippen LogP contribution in [0.5, 0.6) is 0 Å². The Hall–Kier alpha value is -2.47. The van der Waals surface area contributed by atoms with Gasteiger partial charge in [-0.3, -0.25) is 4.98 Å². The summed E-state index contributed by atoms with van der Waals surface area (Å²) in [4.78, 5) is 13.5. The molecule has 0 saturated heterocycles. The number of pyridine rings is 1. The summed E-state index contributed by atoms with van der Waals surface area (Å²) in [5.74, 6) is 1.38. The fraction of sp³-hybridized carbons (Fsp3) is 0.500. The van der Waals surface area contributed by atoms with Gasteiger partial charge in [0.15, 0.2) is 0 Å². The Morgan fingerprint density at radius 3 is 2.71 bits per heavy atom. The van der Waals surface area contributed by atoms with Crippen molar-refractivity contribution in [2.45, 2.75) is 58.0 Å². The quantitative estimate of drug-likeness (QED) is 0.325. The Morgan fingerprint density at radius 2 is 1.96 bits per heavy atom. The highest BCUT2D eigenvalue weighted by Gasteiger charge is 2.10. The SMILES string of the molecule is C=CCCNc1ncc(-c2ccccn2)c(NCCCCC(O)CCCC)n1. The fourth-order valence-electron chi connectivity index (χ4n) is 2.89. The average molecular weight is 384 g/mol. The van der Waals surface area contributed by atoms with Crippen LogP contribution in [0.2, 0.25) is 0 Å². The summed E-state index contributed by atoms with van der Waals surface area (Å²) in [6.45, 7) is 7.43. The maximum absolute atomic E-state index is 9.96. The first-order valence-electron chi connectivity index (χ1n) is 10.3. The van der Waals surface area contributed by atoms with Crippen LogP contribution in [0.1, 0.15) is 51.9 Å². The van der Waals surface area contributed by atoms with Crippen molar-refractivity contribution < 1.29 is 5.11 Å². The lowest BCUT2D eigenvalue weighted by Crippen LogP contribution is -2.11. The molecule has 1 unspecified atom stereocenters. The zero-order chi connectivity index (χ0) is 20.0. The molecule has 2 aromatic rings. The highest BCUT2D eigenvalue weighted by Crippen LogP contribution is 2.25. The van der Waals surface area contributed by atoms with Crippen LogP contribution in [0.25, 0.3) is 11.3 Å². The summed E-state index contributed by atoms with van der Waals surface area (Å²) in [5.41, 5.74) is 1.73. The molecule has 0 aromatic carbocycles. The molecule has 3 N–H and O–H groups in total. The Kier molecular flexibility index (Phi) is 10.0. The molecule has 0 aliphatic rings. The normalized spacial score (nSPS) is 11.8. The van der Waals surface area contributed by atoms with Crippen LogP contribution in [-0.4, -0.2) is 39.3 Å². The van der Waals surface area contributed by atoms with Crippen molar-refractivity contribution >= 4 is 11.8 Å². The van der Waals surface area contributed by atoms with Crippen molar-refractivity contribution in [2.75, 3.05) is 23.7 Å². The number of hydrogen-bond acceptors (Lipinski definition) is 6. The van der Waals surface area contributed by atoms with E-state index in [4.69, 9.17) is 0 Å². The number of anilines is 2. The lowest BCUT2D eigenvalue weighted by atomic mass is 10.1. The molecule has 0 amide bonds. The number of nitrogens with one attached hydrogen (secondary N) is 2. The van der Waals surface area contributed by atoms with Crippen LogP contribution in [0, 0.1) is 0 Å². The van der Waals surface area contributed by atoms with E-state index in [-0.39, 0.29) is 6.10 Å². The number of aromatic nitrogens is 3. The maximum atomic E-state index is 9.96. The molecule has 0 radical (unpaired) electrons. The van der Waals surface area contributed by atoms with E-state index in [2.05, 4.69) is 39.1 Å².